The van der Waals surface area contributed by atoms with E-state index in [1.165, 1.54) is 52.4 Å². The topological polar surface area (TPSA) is 26.0 Å². The SMILES string of the molecule is C#C/C(=C\C=C(/C)Cc1ccc(-c2ccc(/C(=C/C=C(\C)c3cccs3)CCC)s2)s1)c1ccc(N)s1. The van der Waals surface area contributed by atoms with Crippen LogP contribution in [0.3, 0.4) is 0 Å². The summed E-state index contributed by atoms with van der Waals surface area (Å²) in [6, 6.07) is 17.2. The lowest BCUT2D eigenvalue weighted by molar-refractivity contribution is 0.976. The molecule has 0 amide bonds. The van der Waals surface area contributed by atoms with Crippen molar-refractivity contribution in [2.45, 2.75) is 40.0 Å². The largest absolute Gasteiger partial charge is 0.391 e. The maximum Gasteiger partial charge on any atom is 0.0863 e. The van der Waals surface area contributed by atoms with Gasteiger partial charge in [-0.3, -0.25) is 0 Å². The molecule has 188 valence electrons. The molecule has 0 aliphatic rings. The van der Waals surface area contributed by atoms with Crippen molar-refractivity contribution in [2.75, 3.05) is 5.73 Å². The van der Waals surface area contributed by atoms with Crippen LogP contribution in [0.25, 0.3) is 26.5 Å². The summed E-state index contributed by atoms with van der Waals surface area (Å²) in [5.74, 6) is 2.79. The van der Waals surface area contributed by atoms with Crippen LogP contribution < -0.4 is 5.73 Å². The Labute approximate surface area is 237 Å². The first-order chi connectivity index (χ1) is 18.0. The lowest BCUT2D eigenvalue weighted by Gasteiger charge is -2.03. The van der Waals surface area contributed by atoms with E-state index in [1.54, 1.807) is 11.3 Å². The van der Waals surface area contributed by atoms with Gasteiger partial charge in [-0.25, -0.2) is 0 Å². The molecule has 37 heavy (non-hydrogen) atoms. The summed E-state index contributed by atoms with van der Waals surface area (Å²) in [7, 11) is 0. The van der Waals surface area contributed by atoms with Crippen molar-refractivity contribution in [2.24, 2.45) is 0 Å². The molecule has 0 fully saturated rings. The lowest BCUT2D eigenvalue weighted by Crippen LogP contribution is -1.82. The fraction of sp³-hybridized carbons (Fsp3) is 0.188. The van der Waals surface area contributed by atoms with E-state index in [1.807, 2.05) is 40.9 Å². The molecule has 0 saturated carbocycles. The van der Waals surface area contributed by atoms with Crippen molar-refractivity contribution in [3.05, 3.63) is 103 Å². The number of nitrogen functional groups attached to an aromatic ring is 1. The van der Waals surface area contributed by atoms with Crippen LogP contribution in [0.5, 0.6) is 0 Å². The smallest absolute Gasteiger partial charge is 0.0863 e. The third kappa shape index (κ3) is 7.34. The van der Waals surface area contributed by atoms with Gasteiger partial charge in [0.05, 0.1) is 5.00 Å². The predicted octanol–water partition coefficient (Wildman–Crippen LogP) is 10.7. The highest BCUT2D eigenvalue weighted by molar-refractivity contribution is 7.22. The van der Waals surface area contributed by atoms with Gasteiger partial charge in [-0.05, 0) is 85.3 Å². The minimum atomic E-state index is 0.780. The second-order valence-corrected chi connectivity index (χ2v) is 13.1. The van der Waals surface area contributed by atoms with Crippen molar-refractivity contribution in [3.8, 4) is 22.1 Å². The Balaban J connectivity index is 1.47. The summed E-state index contributed by atoms with van der Waals surface area (Å²) in [6.45, 7) is 6.59. The van der Waals surface area contributed by atoms with Gasteiger partial charge in [-0.15, -0.1) is 51.8 Å². The van der Waals surface area contributed by atoms with Gasteiger partial charge < -0.3 is 5.73 Å². The minimum Gasteiger partial charge on any atom is -0.391 e. The molecule has 2 N–H and O–H groups in total. The summed E-state index contributed by atoms with van der Waals surface area (Å²) >= 11 is 7.08. The molecule has 0 radical (unpaired) electrons. The number of hydrogen-bond acceptors (Lipinski definition) is 5. The van der Waals surface area contributed by atoms with E-state index < -0.39 is 0 Å². The number of terminal acetylenes is 1. The highest BCUT2D eigenvalue weighted by atomic mass is 32.1. The Morgan fingerprint density at radius 3 is 2.35 bits per heavy atom. The fourth-order valence-electron chi connectivity index (χ4n) is 3.88. The Morgan fingerprint density at radius 2 is 1.65 bits per heavy atom. The summed E-state index contributed by atoms with van der Waals surface area (Å²) in [5, 5.41) is 2.91. The van der Waals surface area contributed by atoms with Crippen LogP contribution in [-0.2, 0) is 6.42 Å². The van der Waals surface area contributed by atoms with Gasteiger partial charge in [-0.1, -0.05) is 49.1 Å². The van der Waals surface area contributed by atoms with Crippen LogP contribution in [0.1, 0.15) is 53.1 Å². The number of hydrogen-bond donors (Lipinski definition) is 1. The molecule has 4 aromatic heterocycles. The van der Waals surface area contributed by atoms with E-state index in [0.29, 0.717) is 0 Å². The average molecular weight is 558 g/mol. The Morgan fingerprint density at radius 1 is 0.865 bits per heavy atom. The molecule has 0 bridgehead atoms. The Bertz CT molecular complexity index is 1490. The van der Waals surface area contributed by atoms with Crippen molar-refractivity contribution >= 4 is 67.1 Å². The molecule has 4 rings (SSSR count). The van der Waals surface area contributed by atoms with Crippen molar-refractivity contribution in [1.82, 2.24) is 0 Å². The van der Waals surface area contributed by atoms with E-state index >= 15 is 0 Å². The first-order valence-electron chi connectivity index (χ1n) is 12.3. The highest BCUT2D eigenvalue weighted by Crippen LogP contribution is 2.38. The predicted molar refractivity (Wildman–Crippen MR) is 171 cm³/mol. The van der Waals surface area contributed by atoms with E-state index in [2.05, 4.69) is 86.7 Å². The maximum atomic E-state index is 5.86. The van der Waals surface area contributed by atoms with Gasteiger partial charge in [0.25, 0.3) is 0 Å². The highest BCUT2D eigenvalue weighted by Gasteiger charge is 2.10. The minimum absolute atomic E-state index is 0.780. The quantitative estimate of drug-likeness (QED) is 0.152. The Hall–Kier alpha value is -2.88. The van der Waals surface area contributed by atoms with Crippen molar-refractivity contribution in [1.29, 1.82) is 0 Å². The first-order valence-corrected chi connectivity index (χ1v) is 15.6. The van der Waals surface area contributed by atoms with E-state index in [0.717, 1.165) is 34.7 Å². The normalized spacial score (nSPS) is 13.2. The van der Waals surface area contributed by atoms with Crippen LogP contribution >= 0.6 is 45.3 Å². The van der Waals surface area contributed by atoms with E-state index in [-0.39, 0.29) is 0 Å². The standard InChI is InChI=1S/C32H31NS4/c1-5-8-25(13-11-23(4)27-9-7-20-34-27)29-16-17-31(36-29)30-15-14-26(35-30)21-22(3)10-12-24(6-2)28-18-19-32(33)37-28/h2,7,9-20H,5,8,21,33H2,1,3-4H3/b22-10+,23-11+,24-12+,25-13+. The number of nitrogens with two attached hydrogens (primary N) is 1. The second kappa shape index (κ2) is 13.1. The van der Waals surface area contributed by atoms with Gasteiger partial charge in [-0.2, -0.15) is 0 Å². The number of rotatable bonds is 10. The zero-order valence-electron chi connectivity index (χ0n) is 21.4. The summed E-state index contributed by atoms with van der Waals surface area (Å²) in [4.78, 5) is 7.74. The maximum absolute atomic E-state index is 5.86. The molecule has 1 nitrogen and oxygen atoms in total. The monoisotopic (exact) mass is 557 g/mol. The molecule has 0 aliphatic carbocycles. The summed E-state index contributed by atoms with van der Waals surface area (Å²) in [5.41, 5.74) is 10.7. The second-order valence-electron chi connectivity index (χ2n) is 8.82. The average Bonchev–Trinajstić information content (AvgIpc) is 3.69. The molecule has 0 aromatic carbocycles. The Kier molecular flexibility index (Phi) is 9.60. The lowest BCUT2D eigenvalue weighted by atomic mass is 10.1. The zero-order chi connectivity index (χ0) is 26.2. The fourth-order valence-corrected chi connectivity index (χ4v) is 7.61. The van der Waals surface area contributed by atoms with Crippen LogP contribution in [0.15, 0.2) is 83.8 Å². The molecule has 5 heteroatoms. The third-order valence-corrected chi connectivity index (χ3v) is 10.2. The number of thiophene rings is 4. The summed E-state index contributed by atoms with van der Waals surface area (Å²) < 4.78 is 0. The van der Waals surface area contributed by atoms with E-state index in [4.69, 9.17) is 12.2 Å². The van der Waals surface area contributed by atoms with Crippen LogP contribution in [0, 0.1) is 12.3 Å². The van der Waals surface area contributed by atoms with Crippen molar-refractivity contribution in [3.63, 3.8) is 0 Å². The molecule has 0 unspecified atom stereocenters. The molecule has 4 heterocycles. The number of allylic oxidation sites excluding steroid dienone is 8. The first kappa shape index (κ1) is 27.2. The van der Waals surface area contributed by atoms with E-state index in [9.17, 15) is 0 Å². The van der Waals surface area contributed by atoms with Gasteiger partial charge in [0.15, 0.2) is 0 Å². The number of anilines is 1. The third-order valence-electron chi connectivity index (χ3n) is 5.83. The van der Waals surface area contributed by atoms with Gasteiger partial charge >= 0.3 is 0 Å². The van der Waals surface area contributed by atoms with Gasteiger partial charge in [0, 0.05) is 41.3 Å². The molecule has 0 aliphatic heterocycles. The van der Waals surface area contributed by atoms with Crippen LogP contribution in [0.4, 0.5) is 5.00 Å². The van der Waals surface area contributed by atoms with Gasteiger partial charge in [0.1, 0.15) is 0 Å². The zero-order valence-corrected chi connectivity index (χ0v) is 24.7. The van der Waals surface area contributed by atoms with Crippen LogP contribution in [0.2, 0.25) is 0 Å². The van der Waals surface area contributed by atoms with Gasteiger partial charge in [0.2, 0.25) is 0 Å². The molecule has 4 aromatic rings. The molecule has 0 saturated heterocycles. The molecule has 0 spiro atoms. The van der Waals surface area contributed by atoms with Crippen molar-refractivity contribution < 1.29 is 0 Å². The molecular formula is C32H31NS4. The summed E-state index contributed by atoms with van der Waals surface area (Å²) in [6.07, 6.45) is 17.6. The molecular weight excluding hydrogens is 527 g/mol. The molecule has 0 atom stereocenters. The van der Waals surface area contributed by atoms with Crippen LogP contribution in [-0.4, -0.2) is 0 Å².